The first-order chi connectivity index (χ1) is 13.2. The number of hydrogen-bond donors (Lipinski definition) is 1. The maximum atomic E-state index is 13.8. The summed E-state index contributed by atoms with van der Waals surface area (Å²) in [6.07, 6.45) is 0. The number of carbonyl (C=O) groups excluding carboxylic acids is 1. The maximum absolute atomic E-state index is 13.8. The van der Waals surface area contributed by atoms with Crippen LogP contribution in [-0.2, 0) is 12.0 Å². The SMILES string of the molecule is Cc1ccc(F)c(NC(=O)c2ccc(COc3ccc(C(C)(C)C)cc3)o2)c1. The van der Waals surface area contributed by atoms with Crippen molar-refractivity contribution >= 4 is 11.6 Å². The summed E-state index contributed by atoms with van der Waals surface area (Å²) >= 11 is 0. The van der Waals surface area contributed by atoms with Gasteiger partial charge in [0.25, 0.3) is 5.91 Å². The Labute approximate surface area is 164 Å². The lowest BCUT2D eigenvalue weighted by atomic mass is 9.87. The molecule has 1 amide bonds. The van der Waals surface area contributed by atoms with Crippen LogP contribution in [0, 0.1) is 12.7 Å². The minimum Gasteiger partial charge on any atom is -0.486 e. The molecule has 28 heavy (non-hydrogen) atoms. The highest BCUT2D eigenvalue weighted by molar-refractivity contribution is 6.02. The van der Waals surface area contributed by atoms with Crippen LogP contribution in [0.3, 0.4) is 0 Å². The summed E-state index contributed by atoms with van der Waals surface area (Å²) in [6.45, 7) is 8.48. The lowest BCUT2D eigenvalue weighted by Gasteiger charge is -2.19. The van der Waals surface area contributed by atoms with Gasteiger partial charge in [0.2, 0.25) is 0 Å². The number of rotatable bonds is 5. The number of hydrogen-bond acceptors (Lipinski definition) is 3. The van der Waals surface area contributed by atoms with E-state index in [1.807, 2.05) is 31.2 Å². The van der Waals surface area contributed by atoms with Gasteiger partial charge in [-0.25, -0.2) is 4.39 Å². The van der Waals surface area contributed by atoms with Gasteiger partial charge in [-0.05, 0) is 59.9 Å². The number of aryl methyl sites for hydroxylation is 1. The number of anilines is 1. The first-order valence-electron chi connectivity index (χ1n) is 9.12. The smallest absolute Gasteiger partial charge is 0.291 e. The van der Waals surface area contributed by atoms with Crippen molar-refractivity contribution in [2.45, 2.75) is 39.7 Å². The number of benzene rings is 2. The Morgan fingerprint density at radius 1 is 1.07 bits per heavy atom. The molecule has 2 aromatic carbocycles. The third kappa shape index (κ3) is 4.80. The minimum atomic E-state index is -0.509. The quantitative estimate of drug-likeness (QED) is 0.602. The molecule has 0 aliphatic rings. The highest BCUT2D eigenvalue weighted by Crippen LogP contribution is 2.25. The average Bonchev–Trinajstić information content (AvgIpc) is 3.12. The second kappa shape index (κ2) is 7.89. The summed E-state index contributed by atoms with van der Waals surface area (Å²) in [7, 11) is 0. The molecule has 3 rings (SSSR count). The topological polar surface area (TPSA) is 51.5 Å². The van der Waals surface area contributed by atoms with Crippen LogP contribution in [0.1, 0.15) is 48.2 Å². The van der Waals surface area contributed by atoms with Crippen molar-refractivity contribution in [1.29, 1.82) is 0 Å². The Balaban J connectivity index is 1.61. The fourth-order valence-corrected chi connectivity index (χ4v) is 2.70. The third-order valence-electron chi connectivity index (χ3n) is 4.36. The zero-order valence-corrected chi connectivity index (χ0v) is 16.5. The fourth-order valence-electron chi connectivity index (χ4n) is 2.70. The molecule has 4 nitrogen and oxygen atoms in total. The summed E-state index contributed by atoms with van der Waals surface area (Å²) in [5.74, 6) is 0.327. The van der Waals surface area contributed by atoms with Gasteiger partial charge in [-0.15, -0.1) is 0 Å². The van der Waals surface area contributed by atoms with E-state index < -0.39 is 11.7 Å². The summed E-state index contributed by atoms with van der Waals surface area (Å²) in [5, 5.41) is 2.53. The van der Waals surface area contributed by atoms with Crippen molar-refractivity contribution in [2.24, 2.45) is 0 Å². The van der Waals surface area contributed by atoms with Gasteiger partial charge in [-0.1, -0.05) is 39.0 Å². The summed E-state index contributed by atoms with van der Waals surface area (Å²) in [6, 6.07) is 15.6. The molecule has 0 saturated carbocycles. The third-order valence-corrected chi connectivity index (χ3v) is 4.36. The lowest BCUT2D eigenvalue weighted by Crippen LogP contribution is -2.12. The summed E-state index contributed by atoms with van der Waals surface area (Å²) < 4.78 is 25.0. The largest absolute Gasteiger partial charge is 0.486 e. The molecule has 3 aromatic rings. The fraction of sp³-hybridized carbons (Fsp3) is 0.261. The van der Waals surface area contributed by atoms with E-state index in [1.54, 1.807) is 24.3 Å². The molecule has 146 valence electrons. The predicted molar refractivity (Wildman–Crippen MR) is 107 cm³/mol. The zero-order valence-electron chi connectivity index (χ0n) is 16.5. The van der Waals surface area contributed by atoms with Crippen molar-refractivity contribution in [3.63, 3.8) is 0 Å². The molecule has 0 aliphatic carbocycles. The van der Waals surface area contributed by atoms with E-state index in [1.165, 1.54) is 11.6 Å². The highest BCUT2D eigenvalue weighted by atomic mass is 19.1. The van der Waals surface area contributed by atoms with Crippen molar-refractivity contribution in [3.8, 4) is 5.75 Å². The highest BCUT2D eigenvalue weighted by Gasteiger charge is 2.15. The summed E-state index contributed by atoms with van der Waals surface area (Å²) in [4.78, 5) is 12.3. The molecule has 5 heteroatoms. The van der Waals surface area contributed by atoms with Crippen LogP contribution >= 0.6 is 0 Å². The van der Waals surface area contributed by atoms with Gasteiger partial charge in [0.1, 0.15) is 23.9 Å². The number of ether oxygens (including phenoxy) is 1. The molecular weight excluding hydrogens is 357 g/mol. The Hall–Kier alpha value is -3.08. The van der Waals surface area contributed by atoms with Crippen LogP contribution in [0.15, 0.2) is 59.0 Å². The van der Waals surface area contributed by atoms with Crippen LogP contribution in [0.5, 0.6) is 5.75 Å². The maximum Gasteiger partial charge on any atom is 0.291 e. The normalized spacial score (nSPS) is 11.3. The van der Waals surface area contributed by atoms with Crippen molar-refractivity contribution in [2.75, 3.05) is 5.32 Å². The second-order valence-corrected chi connectivity index (χ2v) is 7.77. The number of carbonyl (C=O) groups is 1. The molecule has 0 radical (unpaired) electrons. The molecule has 1 N–H and O–H groups in total. The average molecular weight is 381 g/mol. The molecule has 1 aromatic heterocycles. The molecule has 0 atom stereocenters. The van der Waals surface area contributed by atoms with Gasteiger partial charge in [0.15, 0.2) is 5.76 Å². The molecule has 0 saturated heterocycles. The van der Waals surface area contributed by atoms with Gasteiger partial charge in [0, 0.05) is 0 Å². The van der Waals surface area contributed by atoms with Crippen molar-refractivity contribution < 1.29 is 18.3 Å². The number of halogens is 1. The Kier molecular flexibility index (Phi) is 5.54. The van der Waals surface area contributed by atoms with E-state index in [0.29, 0.717) is 5.76 Å². The molecule has 0 aliphatic heterocycles. The summed E-state index contributed by atoms with van der Waals surface area (Å²) in [5.41, 5.74) is 2.28. The number of nitrogens with one attached hydrogen (secondary N) is 1. The molecule has 0 unspecified atom stereocenters. The molecule has 0 bridgehead atoms. The van der Waals surface area contributed by atoms with Gasteiger partial charge in [-0.3, -0.25) is 4.79 Å². The van der Waals surface area contributed by atoms with E-state index >= 15 is 0 Å². The standard InChI is InChI=1S/C23H24FNO3/c1-15-5-11-19(24)20(13-15)25-22(26)21-12-10-18(28-21)14-27-17-8-6-16(7-9-17)23(2,3)4/h5-13H,14H2,1-4H3,(H,25,26). The minimum absolute atomic E-state index is 0.0819. The van der Waals surface area contributed by atoms with E-state index in [-0.39, 0.29) is 23.5 Å². The number of furan rings is 1. The second-order valence-electron chi connectivity index (χ2n) is 7.77. The van der Waals surface area contributed by atoms with Crippen LogP contribution in [0.2, 0.25) is 0 Å². The van der Waals surface area contributed by atoms with Gasteiger partial charge < -0.3 is 14.5 Å². The molecule has 0 fully saturated rings. The molecule has 0 spiro atoms. The van der Waals surface area contributed by atoms with Gasteiger partial charge >= 0.3 is 0 Å². The van der Waals surface area contributed by atoms with E-state index in [9.17, 15) is 9.18 Å². The van der Waals surface area contributed by atoms with Crippen molar-refractivity contribution in [3.05, 3.63) is 83.1 Å². The van der Waals surface area contributed by atoms with Crippen LogP contribution < -0.4 is 10.1 Å². The van der Waals surface area contributed by atoms with E-state index in [0.717, 1.165) is 11.3 Å². The lowest BCUT2D eigenvalue weighted by molar-refractivity contribution is 0.0992. The van der Waals surface area contributed by atoms with Crippen molar-refractivity contribution in [1.82, 2.24) is 0 Å². The van der Waals surface area contributed by atoms with Gasteiger partial charge in [-0.2, -0.15) is 0 Å². The van der Waals surface area contributed by atoms with Crippen LogP contribution in [0.4, 0.5) is 10.1 Å². The molecule has 1 heterocycles. The Bertz CT molecular complexity index is 968. The van der Waals surface area contributed by atoms with E-state index in [4.69, 9.17) is 9.15 Å². The first kappa shape index (κ1) is 19.7. The zero-order chi connectivity index (χ0) is 20.3. The molecular formula is C23H24FNO3. The van der Waals surface area contributed by atoms with Crippen LogP contribution in [0.25, 0.3) is 0 Å². The Morgan fingerprint density at radius 3 is 2.46 bits per heavy atom. The van der Waals surface area contributed by atoms with E-state index in [2.05, 4.69) is 26.1 Å². The first-order valence-corrected chi connectivity index (χ1v) is 9.12. The predicted octanol–water partition coefficient (Wildman–Crippen LogP) is 5.86. The van der Waals surface area contributed by atoms with Gasteiger partial charge in [0.05, 0.1) is 5.69 Å². The van der Waals surface area contributed by atoms with Crippen LogP contribution in [-0.4, -0.2) is 5.91 Å². The number of amides is 1. The Morgan fingerprint density at radius 2 is 1.79 bits per heavy atom. The monoisotopic (exact) mass is 381 g/mol.